The minimum absolute atomic E-state index is 0.833. The van der Waals surface area contributed by atoms with Crippen molar-refractivity contribution in [3.8, 4) is 0 Å². The molecular formula is C10H25NO5Si. The van der Waals surface area contributed by atoms with Gasteiger partial charge in [0.05, 0.1) is 0 Å². The molecule has 0 aromatic heterocycles. The summed E-state index contributed by atoms with van der Waals surface area (Å²) in [6.07, 6.45) is 1.04. The van der Waals surface area contributed by atoms with Gasteiger partial charge in [-0.3, -0.25) is 4.79 Å². The molecule has 17 heavy (non-hydrogen) atoms. The van der Waals surface area contributed by atoms with Gasteiger partial charge in [0.15, 0.2) is 0 Å². The van der Waals surface area contributed by atoms with Gasteiger partial charge in [0, 0.05) is 34.3 Å². The number of aliphatic carboxylic acids is 1. The molecule has 1 N–H and O–H groups in total. The standard InChI is InChI=1S/C8H21NO3Si.C2H4O2/c1-9(2)7-6-8-13(10-3,11-4)12-5;1-2(3)4/h6-8H2,1-5H3;1H3,(H,3,4). The predicted molar refractivity (Wildman–Crippen MR) is 68.1 cm³/mol. The molecule has 104 valence electrons. The van der Waals surface area contributed by atoms with E-state index in [2.05, 4.69) is 19.0 Å². The van der Waals surface area contributed by atoms with Gasteiger partial charge in [-0.1, -0.05) is 0 Å². The van der Waals surface area contributed by atoms with Crippen molar-refractivity contribution < 1.29 is 23.2 Å². The molecule has 0 aromatic carbocycles. The zero-order chi connectivity index (χ0) is 13.9. The van der Waals surface area contributed by atoms with Crippen molar-refractivity contribution in [2.45, 2.75) is 19.4 Å². The third kappa shape index (κ3) is 11.8. The summed E-state index contributed by atoms with van der Waals surface area (Å²) in [5.74, 6) is -0.833. The van der Waals surface area contributed by atoms with Crippen molar-refractivity contribution >= 4 is 14.8 Å². The molecule has 0 aliphatic heterocycles. The molecule has 0 atom stereocenters. The average molecular weight is 267 g/mol. The Morgan fingerprint density at radius 2 is 1.53 bits per heavy atom. The Morgan fingerprint density at radius 3 is 1.76 bits per heavy atom. The number of carboxylic acid groups (broad SMARTS) is 1. The smallest absolute Gasteiger partial charge is 0.481 e. The molecule has 7 heteroatoms. The van der Waals surface area contributed by atoms with Crippen molar-refractivity contribution in [1.29, 1.82) is 0 Å². The van der Waals surface area contributed by atoms with Gasteiger partial charge >= 0.3 is 8.80 Å². The summed E-state index contributed by atoms with van der Waals surface area (Å²) in [6.45, 7) is 2.12. The summed E-state index contributed by atoms with van der Waals surface area (Å²) in [5, 5.41) is 7.42. The maximum absolute atomic E-state index is 9.00. The number of carbonyl (C=O) groups is 1. The van der Waals surface area contributed by atoms with Crippen LogP contribution in [0.15, 0.2) is 0 Å². The zero-order valence-electron chi connectivity index (χ0n) is 11.6. The Morgan fingerprint density at radius 1 is 1.18 bits per heavy atom. The van der Waals surface area contributed by atoms with Gasteiger partial charge in [0.2, 0.25) is 0 Å². The van der Waals surface area contributed by atoms with E-state index < -0.39 is 14.8 Å². The van der Waals surface area contributed by atoms with E-state index in [0.717, 1.165) is 25.9 Å². The van der Waals surface area contributed by atoms with Gasteiger partial charge in [0.1, 0.15) is 0 Å². The molecule has 0 aliphatic rings. The van der Waals surface area contributed by atoms with E-state index in [1.54, 1.807) is 21.3 Å². The molecule has 0 saturated heterocycles. The molecule has 0 radical (unpaired) electrons. The molecule has 0 aromatic rings. The van der Waals surface area contributed by atoms with Gasteiger partial charge in [0.25, 0.3) is 5.97 Å². The first-order chi connectivity index (χ1) is 7.83. The molecule has 0 heterocycles. The van der Waals surface area contributed by atoms with E-state index in [9.17, 15) is 0 Å². The lowest BCUT2D eigenvalue weighted by molar-refractivity contribution is -0.134. The average Bonchev–Trinajstić information content (AvgIpc) is 2.24. The van der Waals surface area contributed by atoms with Crippen LogP contribution in [0.5, 0.6) is 0 Å². The van der Waals surface area contributed by atoms with Crippen molar-refractivity contribution in [2.75, 3.05) is 42.0 Å². The van der Waals surface area contributed by atoms with E-state index >= 15 is 0 Å². The van der Waals surface area contributed by atoms with E-state index in [1.165, 1.54) is 0 Å². The van der Waals surface area contributed by atoms with Crippen LogP contribution in [0.4, 0.5) is 0 Å². The number of hydrogen-bond acceptors (Lipinski definition) is 5. The number of rotatable bonds is 7. The fraction of sp³-hybridized carbons (Fsp3) is 0.900. The van der Waals surface area contributed by atoms with E-state index in [1.807, 2.05) is 0 Å². The molecule has 0 aliphatic carbocycles. The minimum atomic E-state index is -2.31. The minimum Gasteiger partial charge on any atom is -0.481 e. The third-order valence-corrected chi connectivity index (χ3v) is 4.85. The van der Waals surface area contributed by atoms with Crippen molar-refractivity contribution in [1.82, 2.24) is 4.90 Å². The van der Waals surface area contributed by atoms with Gasteiger partial charge in [-0.15, -0.1) is 0 Å². The molecule has 0 spiro atoms. The number of nitrogens with zero attached hydrogens (tertiary/aromatic N) is 1. The highest BCUT2D eigenvalue weighted by Crippen LogP contribution is 2.14. The second kappa shape index (κ2) is 10.7. The van der Waals surface area contributed by atoms with Crippen LogP contribution in [-0.2, 0) is 18.1 Å². The van der Waals surface area contributed by atoms with E-state index in [-0.39, 0.29) is 0 Å². The molecule has 0 bridgehead atoms. The zero-order valence-corrected chi connectivity index (χ0v) is 12.6. The van der Waals surface area contributed by atoms with E-state index in [4.69, 9.17) is 23.2 Å². The third-order valence-electron chi connectivity index (χ3n) is 2.02. The number of carboxylic acids is 1. The first-order valence-electron chi connectivity index (χ1n) is 5.33. The summed E-state index contributed by atoms with van der Waals surface area (Å²) in [5.41, 5.74) is 0. The molecular weight excluding hydrogens is 242 g/mol. The fourth-order valence-corrected chi connectivity index (χ4v) is 2.87. The largest absolute Gasteiger partial charge is 0.500 e. The SMILES string of the molecule is CC(=O)O.CO[Si](CCCN(C)C)(OC)OC. The molecule has 0 fully saturated rings. The Kier molecular flexibility index (Phi) is 11.8. The Balaban J connectivity index is 0. The van der Waals surface area contributed by atoms with Crippen LogP contribution >= 0.6 is 0 Å². The summed E-state index contributed by atoms with van der Waals surface area (Å²) >= 11 is 0. The first-order valence-corrected chi connectivity index (χ1v) is 7.26. The first kappa shape index (κ1) is 18.9. The van der Waals surface area contributed by atoms with Crippen LogP contribution in [0.3, 0.4) is 0 Å². The van der Waals surface area contributed by atoms with Crippen LogP contribution in [0, 0.1) is 0 Å². The Bertz CT molecular complexity index is 185. The predicted octanol–water partition coefficient (Wildman–Crippen LogP) is 0.907. The maximum Gasteiger partial charge on any atom is 0.500 e. The highest BCUT2D eigenvalue weighted by molar-refractivity contribution is 6.60. The van der Waals surface area contributed by atoms with Crippen LogP contribution in [0.25, 0.3) is 0 Å². The molecule has 0 unspecified atom stereocenters. The molecule has 0 amide bonds. The lowest BCUT2D eigenvalue weighted by Crippen LogP contribution is -2.43. The van der Waals surface area contributed by atoms with Gasteiger partial charge in [-0.2, -0.15) is 0 Å². The van der Waals surface area contributed by atoms with Crippen LogP contribution in [0.1, 0.15) is 13.3 Å². The second-order valence-corrected chi connectivity index (χ2v) is 6.81. The quantitative estimate of drug-likeness (QED) is 0.691. The van der Waals surface area contributed by atoms with Crippen LogP contribution in [-0.4, -0.2) is 66.7 Å². The lowest BCUT2D eigenvalue weighted by atomic mass is 10.5. The molecule has 0 saturated carbocycles. The molecule has 0 rings (SSSR count). The van der Waals surface area contributed by atoms with Crippen LogP contribution < -0.4 is 0 Å². The van der Waals surface area contributed by atoms with Crippen LogP contribution in [0.2, 0.25) is 6.04 Å². The summed E-state index contributed by atoms with van der Waals surface area (Å²) in [7, 11) is 6.73. The summed E-state index contributed by atoms with van der Waals surface area (Å²) < 4.78 is 15.9. The van der Waals surface area contributed by atoms with Gasteiger partial charge in [-0.25, -0.2) is 0 Å². The van der Waals surface area contributed by atoms with Gasteiger partial charge < -0.3 is 23.3 Å². The van der Waals surface area contributed by atoms with E-state index in [0.29, 0.717) is 0 Å². The number of hydrogen-bond donors (Lipinski definition) is 1. The molecule has 6 nitrogen and oxygen atoms in total. The highest BCUT2D eigenvalue weighted by atomic mass is 28.4. The normalized spacial score (nSPS) is 11.0. The summed E-state index contributed by atoms with van der Waals surface area (Å²) in [6, 6.07) is 0.870. The summed E-state index contributed by atoms with van der Waals surface area (Å²) in [4.78, 5) is 11.1. The topological polar surface area (TPSA) is 68.2 Å². The highest BCUT2D eigenvalue weighted by Gasteiger charge is 2.36. The second-order valence-electron chi connectivity index (χ2n) is 3.72. The van der Waals surface area contributed by atoms with Gasteiger partial charge in [-0.05, 0) is 27.1 Å². The Hall–Kier alpha value is -0.473. The van der Waals surface area contributed by atoms with Crippen molar-refractivity contribution in [3.63, 3.8) is 0 Å². The lowest BCUT2D eigenvalue weighted by Gasteiger charge is -2.24. The van der Waals surface area contributed by atoms with Crippen molar-refractivity contribution in [3.05, 3.63) is 0 Å². The Labute approximate surface area is 105 Å². The fourth-order valence-electron chi connectivity index (χ4n) is 1.17. The van der Waals surface area contributed by atoms with Crippen molar-refractivity contribution in [2.24, 2.45) is 0 Å². The monoisotopic (exact) mass is 267 g/mol. The maximum atomic E-state index is 9.00.